The normalized spacial score (nSPS) is 39.8. The Labute approximate surface area is 208 Å². The van der Waals surface area contributed by atoms with Crippen LogP contribution in [-0.2, 0) is 25.4 Å². The van der Waals surface area contributed by atoms with Gasteiger partial charge < -0.3 is 50.5 Å². The molecule has 1 unspecified atom stereocenters. The number of aliphatic hydroxyl groups excluding tert-OH is 6. The highest BCUT2D eigenvalue weighted by molar-refractivity contribution is 5.73. The SMILES string of the molecule is C=CC[C@@]1(O)C[C@@](NC(C)=O)(O[C@@H]2O[C@H](CO)[C@@H](O)[C@H](O)[C@H]2O)O[C@H](C(O)Cc2ccccc2)[C@H]1O. The van der Waals surface area contributed by atoms with Gasteiger partial charge in [-0.25, -0.2) is 0 Å². The molecule has 1 aromatic rings. The Bertz CT molecular complexity index is 886. The lowest BCUT2D eigenvalue weighted by atomic mass is 9.79. The van der Waals surface area contributed by atoms with E-state index in [0.29, 0.717) is 5.56 Å². The van der Waals surface area contributed by atoms with Crippen LogP contribution < -0.4 is 5.32 Å². The highest BCUT2D eigenvalue weighted by Crippen LogP contribution is 2.41. The van der Waals surface area contributed by atoms with Crippen LogP contribution in [0, 0.1) is 0 Å². The molecule has 0 saturated carbocycles. The molecular formula is C24H35NO11. The molecule has 3 rings (SSSR count). The van der Waals surface area contributed by atoms with Crippen molar-refractivity contribution in [2.75, 3.05) is 6.61 Å². The first-order chi connectivity index (χ1) is 16.9. The molecule has 0 bridgehead atoms. The molecule has 2 heterocycles. The molecule has 0 radical (unpaired) electrons. The van der Waals surface area contributed by atoms with Crippen LogP contribution in [0.3, 0.4) is 0 Å². The fourth-order valence-corrected chi connectivity index (χ4v) is 4.64. The van der Waals surface area contributed by atoms with Crippen molar-refractivity contribution in [3.05, 3.63) is 48.6 Å². The van der Waals surface area contributed by atoms with Crippen molar-refractivity contribution in [1.29, 1.82) is 0 Å². The first-order valence-corrected chi connectivity index (χ1v) is 11.6. The van der Waals surface area contributed by atoms with Crippen molar-refractivity contribution in [2.45, 2.75) is 86.7 Å². The van der Waals surface area contributed by atoms with Gasteiger partial charge in [-0.1, -0.05) is 36.4 Å². The number of rotatable bonds is 9. The molecule has 202 valence electrons. The maximum absolute atomic E-state index is 12.2. The molecule has 1 amide bonds. The molecule has 36 heavy (non-hydrogen) atoms. The van der Waals surface area contributed by atoms with Crippen LogP contribution in [-0.4, -0.2) is 109 Å². The summed E-state index contributed by atoms with van der Waals surface area (Å²) in [5, 5.41) is 76.0. The first kappa shape index (κ1) is 28.6. The highest BCUT2D eigenvalue weighted by atomic mass is 16.8. The second-order valence-corrected chi connectivity index (χ2v) is 9.31. The molecule has 2 fully saturated rings. The Kier molecular flexibility index (Phi) is 9.22. The van der Waals surface area contributed by atoms with Gasteiger partial charge in [0.25, 0.3) is 5.91 Å². The van der Waals surface area contributed by atoms with E-state index in [4.69, 9.17) is 14.2 Å². The van der Waals surface area contributed by atoms with E-state index >= 15 is 0 Å². The standard InChI is InChI=1S/C24H35NO11/c1-3-9-23(33)12-24(25-13(2)27,36-22-19(31)18(30)17(29)16(11-26)34-22)35-20(21(23)32)15(28)10-14-7-5-4-6-8-14/h3-8,15-22,26,28-33H,1,9-12H2,2H3,(H,25,27)/t15?,16-,17-,18+,19-,20-,21-,22+,23-,24+/m1/s1. The van der Waals surface area contributed by atoms with Gasteiger partial charge in [0.05, 0.1) is 19.1 Å². The monoisotopic (exact) mass is 513 g/mol. The van der Waals surface area contributed by atoms with Gasteiger partial charge in [-0.2, -0.15) is 0 Å². The minimum absolute atomic E-state index is 0.0168. The maximum atomic E-state index is 12.2. The third kappa shape index (κ3) is 6.11. The average molecular weight is 514 g/mol. The summed E-state index contributed by atoms with van der Waals surface area (Å²) in [6.45, 7) is 4.00. The zero-order valence-corrected chi connectivity index (χ0v) is 19.9. The molecule has 12 heteroatoms. The van der Waals surface area contributed by atoms with Crippen molar-refractivity contribution >= 4 is 5.91 Å². The Hall–Kier alpha value is -1.97. The molecular weight excluding hydrogens is 478 g/mol. The molecule has 0 spiro atoms. The molecule has 12 nitrogen and oxygen atoms in total. The number of aliphatic hydroxyl groups is 7. The van der Waals surface area contributed by atoms with Crippen LogP contribution in [0.1, 0.15) is 25.3 Å². The second kappa shape index (κ2) is 11.6. The van der Waals surface area contributed by atoms with Gasteiger partial charge in [0.1, 0.15) is 42.2 Å². The van der Waals surface area contributed by atoms with Crippen molar-refractivity contribution < 1.29 is 54.8 Å². The Morgan fingerprint density at radius 1 is 1.22 bits per heavy atom. The third-order valence-corrected chi connectivity index (χ3v) is 6.41. The number of hydrogen-bond acceptors (Lipinski definition) is 11. The van der Waals surface area contributed by atoms with E-state index in [1.165, 1.54) is 6.08 Å². The summed E-state index contributed by atoms with van der Waals surface area (Å²) in [5.74, 6) is -2.95. The van der Waals surface area contributed by atoms with Gasteiger partial charge in [0.15, 0.2) is 6.29 Å². The Morgan fingerprint density at radius 2 is 1.89 bits per heavy atom. The lowest BCUT2D eigenvalue weighted by Gasteiger charge is -2.53. The number of ether oxygens (including phenoxy) is 3. The van der Waals surface area contributed by atoms with E-state index in [9.17, 15) is 40.5 Å². The molecule has 1 aromatic carbocycles. The van der Waals surface area contributed by atoms with Crippen molar-refractivity contribution in [3.8, 4) is 0 Å². The fraction of sp³-hybridized carbons (Fsp3) is 0.625. The van der Waals surface area contributed by atoms with Crippen LogP contribution in [0.5, 0.6) is 0 Å². The van der Waals surface area contributed by atoms with Gasteiger partial charge in [-0.15, -0.1) is 6.58 Å². The minimum Gasteiger partial charge on any atom is -0.394 e. The maximum Gasteiger partial charge on any atom is 0.257 e. The molecule has 0 aliphatic carbocycles. The number of carbonyl (C=O) groups excluding carboxylic acids is 1. The number of amides is 1. The molecule has 2 aliphatic heterocycles. The van der Waals surface area contributed by atoms with E-state index in [-0.39, 0.29) is 12.8 Å². The second-order valence-electron chi connectivity index (χ2n) is 9.31. The van der Waals surface area contributed by atoms with Crippen LogP contribution in [0.2, 0.25) is 0 Å². The number of hydrogen-bond donors (Lipinski definition) is 8. The average Bonchev–Trinajstić information content (AvgIpc) is 2.82. The van der Waals surface area contributed by atoms with Crippen LogP contribution in [0.15, 0.2) is 43.0 Å². The molecule has 2 aliphatic rings. The van der Waals surface area contributed by atoms with E-state index < -0.39 is 79.5 Å². The molecule has 8 N–H and O–H groups in total. The first-order valence-electron chi connectivity index (χ1n) is 11.6. The van der Waals surface area contributed by atoms with Crippen LogP contribution >= 0.6 is 0 Å². The van der Waals surface area contributed by atoms with Gasteiger partial charge in [-0.3, -0.25) is 9.53 Å². The summed E-state index contributed by atoms with van der Waals surface area (Å²) < 4.78 is 17.1. The van der Waals surface area contributed by atoms with Crippen molar-refractivity contribution in [3.63, 3.8) is 0 Å². The van der Waals surface area contributed by atoms with Crippen molar-refractivity contribution in [2.24, 2.45) is 0 Å². The van der Waals surface area contributed by atoms with Gasteiger partial charge in [-0.05, 0) is 12.0 Å². The zero-order chi connectivity index (χ0) is 26.7. The zero-order valence-electron chi connectivity index (χ0n) is 19.9. The lowest BCUT2D eigenvalue weighted by molar-refractivity contribution is -0.418. The van der Waals surface area contributed by atoms with E-state index in [1.54, 1.807) is 30.3 Å². The van der Waals surface area contributed by atoms with Gasteiger partial charge in [0.2, 0.25) is 5.91 Å². The summed E-state index contributed by atoms with van der Waals surface area (Å²) in [6.07, 6.45) is -12.3. The topological polar surface area (TPSA) is 198 Å². The predicted octanol–water partition coefficient (Wildman–Crippen LogP) is -2.35. The lowest BCUT2D eigenvalue weighted by Crippen LogP contribution is -2.72. The molecule has 2 saturated heterocycles. The van der Waals surface area contributed by atoms with Gasteiger partial charge in [0, 0.05) is 13.3 Å². The number of carbonyl (C=O) groups is 1. The molecule has 0 aromatic heterocycles. The fourth-order valence-electron chi connectivity index (χ4n) is 4.64. The minimum atomic E-state index is -2.27. The highest BCUT2D eigenvalue weighted by Gasteiger charge is 2.59. The molecule has 10 atom stereocenters. The Balaban J connectivity index is 1.97. The quantitative estimate of drug-likeness (QED) is 0.130. The van der Waals surface area contributed by atoms with Crippen LogP contribution in [0.4, 0.5) is 0 Å². The smallest absolute Gasteiger partial charge is 0.257 e. The summed E-state index contributed by atoms with van der Waals surface area (Å²) >= 11 is 0. The Morgan fingerprint density at radius 3 is 2.47 bits per heavy atom. The summed E-state index contributed by atoms with van der Waals surface area (Å²) in [7, 11) is 0. The summed E-state index contributed by atoms with van der Waals surface area (Å²) in [6, 6.07) is 8.82. The van der Waals surface area contributed by atoms with Crippen LogP contribution in [0.25, 0.3) is 0 Å². The number of nitrogens with one attached hydrogen (secondary N) is 1. The number of benzene rings is 1. The largest absolute Gasteiger partial charge is 0.394 e. The van der Waals surface area contributed by atoms with E-state index in [1.807, 2.05) is 0 Å². The van der Waals surface area contributed by atoms with E-state index in [0.717, 1.165) is 6.92 Å². The van der Waals surface area contributed by atoms with E-state index in [2.05, 4.69) is 11.9 Å². The third-order valence-electron chi connectivity index (χ3n) is 6.41. The van der Waals surface area contributed by atoms with Gasteiger partial charge >= 0.3 is 0 Å². The van der Waals surface area contributed by atoms with Crippen molar-refractivity contribution in [1.82, 2.24) is 5.32 Å². The summed E-state index contributed by atoms with van der Waals surface area (Å²) in [5.41, 5.74) is -1.31. The predicted molar refractivity (Wildman–Crippen MR) is 123 cm³/mol. The summed E-state index contributed by atoms with van der Waals surface area (Å²) in [4.78, 5) is 12.2.